The van der Waals surface area contributed by atoms with Gasteiger partial charge in [0, 0.05) is 15.5 Å². The van der Waals surface area contributed by atoms with Gasteiger partial charge in [-0.25, -0.2) is 9.97 Å². The maximum absolute atomic E-state index is 5.85. The van der Waals surface area contributed by atoms with E-state index in [1.165, 1.54) is 0 Å². The van der Waals surface area contributed by atoms with E-state index in [2.05, 4.69) is 25.9 Å². The monoisotopic (exact) mass is 288 g/mol. The maximum Gasteiger partial charge on any atom is 0.171 e. The molecule has 2 aromatic heterocycles. The summed E-state index contributed by atoms with van der Waals surface area (Å²) in [5.41, 5.74) is 0.879. The first kappa shape index (κ1) is 10.1. The lowest BCUT2D eigenvalue weighted by molar-refractivity contribution is 1.12. The second kappa shape index (κ2) is 3.96. The van der Waals surface area contributed by atoms with Crippen LogP contribution in [-0.4, -0.2) is 9.97 Å². The van der Waals surface area contributed by atoms with Gasteiger partial charge < -0.3 is 0 Å². The molecule has 72 valence electrons. The van der Waals surface area contributed by atoms with Crippen LogP contribution in [-0.2, 0) is 0 Å². The number of aromatic nitrogens is 2. The van der Waals surface area contributed by atoms with Crippen molar-refractivity contribution < 1.29 is 0 Å². The fourth-order valence-corrected chi connectivity index (χ4v) is 2.67. The summed E-state index contributed by atoms with van der Waals surface area (Å²) in [5, 5.41) is 2.48. The van der Waals surface area contributed by atoms with E-state index >= 15 is 0 Å². The van der Waals surface area contributed by atoms with E-state index in [0.717, 1.165) is 15.0 Å². The van der Waals surface area contributed by atoms with Crippen LogP contribution in [0.4, 0.5) is 0 Å². The number of halogens is 2. The Morgan fingerprint density at radius 3 is 2.71 bits per heavy atom. The van der Waals surface area contributed by atoms with Gasteiger partial charge in [0.1, 0.15) is 5.15 Å². The molecular weight excluding hydrogens is 284 g/mol. The molecule has 0 aliphatic rings. The lowest BCUT2D eigenvalue weighted by Gasteiger charge is -1.98. The summed E-state index contributed by atoms with van der Waals surface area (Å²) in [6.07, 6.45) is 0. The number of rotatable bonds is 1. The molecule has 2 nitrogen and oxygen atoms in total. The van der Waals surface area contributed by atoms with Crippen molar-refractivity contribution in [2.45, 2.75) is 6.92 Å². The first-order valence-electron chi connectivity index (χ1n) is 3.91. The molecule has 0 radical (unpaired) electrons. The molecule has 0 fully saturated rings. The van der Waals surface area contributed by atoms with Crippen molar-refractivity contribution in [3.8, 4) is 10.7 Å². The summed E-state index contributed by atoms with van der Waals surface area (Å²) in [7, 11) is 0. The number of thiophene rings is 1. The maximum atomic E-state index is 5.85. The molecule has 2 aromatic rings. The SMILES string of the molecule is Cc1cc(Cl)nc(-c2cc(Br)cs2)n1. The highest BCUT2D eigenvalue weighted by atomic mass is 79.9. The lowest BCUT2D eigenvalue weighted by Crippen LogP contribution is -1.89. The number of nitrogens with zero attached hydrogens (tertiary/aromatic N) is 2. The molecule has 2 rings (SSSR count). The number of hydrogen-bond acceptors (Lipinski definition) is 3. The van der Waals surface area contributed by atoms with Crippen LogP contribution >= 0.6 is 38.9 Å². The third-order valence-electron chi connectivity index (χ3n) is 1.61. The van der Waals surface area contributed by atoms with Crippen molar-refractivity contribution >= 4 is 38.9 Å². The van der Waals surface area contributed by atoms with Crippen LogP contribution in [0.25, 0.3) is 10.7 Å². The molecule has 14 heavy (non-hydrogen) atoms. The normalized spacial score (nSPS) is 10.5. The molecular formula is C9H6BrClN2S. The van der Waals surface area contributed by atoms with E-state index in [1.54, 1.807) is 17.4 Å². The van der Waals surface area contributed by atoms with Gasteiger partial charge >= 0.3 is 0 Å². The first-order chi connectivity index (χ1) is 6.65. The van der Waals surface area contributed by atoms with E-state index in [4.69, 9.17) is 11.6 Å². The molecule has 5 heteroatoms. The predicted molar refractivity (Wildman–Crippen MR) is 62.8 cm³/mol. The van der Waals surface area contributed by atoms with Crippen LogP contribution in [0.15, 0.2) is 22.0 Å². The molecule has 0 aliphatic carbocycles. The average molecular weight is 290 g/mol. The van der Waals surface area contributed by atoms with E-state index in [1.807, 2.05) is 18.4 Å². The zero-order chi connectivity index (χ0) is 10.1. The Kier molecular flexibility index (Phi) is 2.85. The number of hydrogen-bond donors (Lipinski definition) is 0. The van der Waals surface area contributed by atoms with Gasteiger partial charge in [-0.1, -0.05) is 11.6 Å². The Morgan fingerprint density at radius 2 is 2.14 bits per heavy atom. The van der Waals surface area contributed by atoms with E-state index in [-0.39, 0.29) is 0 Å². The molecule has 0 atom stereocenters. The minimum absolute atomic E-state index is 0.483. The Labute approximate surface area is 99.1 Å². The zero-order valence-corrected chi connectivity index (χ0v) is 10.4. The third kappa shape index (κ3) is 2.13. The Bertz CT molecular complexity index is 449. The quantitative estimate of drug-likeness (QED) is 0.743. The Balaban J connectivity index is 2.51. The molecule has 0 aliphatic heterocycles. The predicted octanol–water partition coefficient (Wildman–Crippen LogP) is 3.93. The molecule has 0 bridgehead atoms. The van der Waals surface area contributed by atoms with Gasteiger partial charge in [-0.15, -0.1) is 11.3 Å². The Morgan fingerprint density at radius 1 is 1.36 bits per heavy atom. The molecule has 0 aromatic carbocycles. The van der Waals surface area contributed by atoms with Crippen LogP contribution in [0.3, 0.4) is 0 Å². The van der Waals surface area contributed by atoms with Crippen molar-refractivity contribution in [2.75, 3.05) is 0 Å². The number of aryl methyl sites for hydroxylation is 1. The van der Waals surface area contributed by atoms with Crippen LogP contribution in [0.5, 0.6) is 0 Å². The van der Waals surface area contributed by atoms with Crippen molar-refractivity contribution in [2.24, 2.45) is 0 Å². The lowest BCUT2D eigenvalue weighted by atomic mass is 10.4. The van der Waals surface area contributed by atoms with Gasteiger partial charge in [0.2, 0.25) is 0 Å². The summed E-state index contributed by atoms with van der Waals surface area (Å²) >= 11 is 10.8. The largest absolute Gasteiger partial charge is 0.233 e. The molecule has 0 saturated carbocycles. The molecule has 0 amide bonds. The summed E-state index contributed by atoms with van der Waals surface area (Å²) in [5.74, 6) is 0.686. The van der Waals surface area contributed by atoms with Gasteiger partial charge in [0.05, 0.1) is 4.88 Å². The summed E-state index contributed by atoms with van der Waals surface area (Å²) in [4.78, 5) is 9.49. The van der Waals surface area contributed by atoms with Crippen LogP contribution in [0.1, 0.15) is 5.69 Å². The van der Waals surface area contributed by atoms with Crippen molar-refractivity contribution in [1.29, 1.82) is 0 Å². The standard InChI is InChI=1S/C9H6BrClN2S/c1-5-2-8(11)13-9(12-5)7-3-6(10)4-14-7/h2-4H,1H3. The summed E-state index contributed by atoms with van der Waals surface area (Å²) in [6.45, 7) is 1.90. The molecule has 2 heterocycles. The summed E-state index contributed by atoms with van der Waals surface area (Å²) < 4.78 is 1.04. The van der Waals surface area contributed by atoms with Gasteiger partial charge in [-0.3, -0.25) is 0 Å². The molecule has 0 N–H and O–H groups in total. The van der Waals surface area contributed by atoms with Gasteiger partial charge in [-0.05, 0) is 35.0 Å². The topological polar surface area (TPSA) is 25.8 Å². The van der Waals surface area contributed by atoms with Gasteiger partial charge in [0.15, 0.2) is 5.82 Å². The van der Waals surface area contributed by atoms with E-state index in [0.29, 0.717) is 11.0 Å². The van der Waals surface area contributed by atoms with Gasteiger partial charge in [0.25, 0.3) is 0 Å². The highest BCUT2D eigenvalue weighted by Gasteiger charge is 2.06. The first-order valence-corrected chi connectivity index (χ1v) is 5.96. The average Bonchev–Trinajstić information content (AvgIpc) is 2.50. The minimum Gasteiger partial charge on any atom is -0.233 e. The van der Waals surface area contributed by atoms with Crippen molar-refractivity contribution in [1.82, 2.24) is 9.97 Å². The van der Waals surface area contributed by atoms with E-state index < -0.39 is 0 Å². The zero-order valence-electron chi connectivity index (χ0n) is 7.29. The highest BCUT2D eigenvalue weighted by molar-refractivity contribution is 9.10. The summed E-state index contributed by atoms with van der Waals surface area (Å²) in [6, 6.07) is 3.73. The third-order valence-corrected chi connectivity index (χ3v) is 3.49. The second-order valence-electron chi connectivity index (χ2n) is 2.78. The van der Waals surface area contributed by atoms with Crippen LogP contribution in [0, 0.1) is 6.92 Å². The molecule has 0 unspecified atom stereocenters. The van der Waals surface area contributed by atoms with Gasteiger partial charge in [-0.2, -0.15) is 0 Å². The fraction of sp³-hybridized carbons (Fsp3) is 0.111. The Hall–Kier alpha value is -0.450. The highest BCUT2D eigenvalue weighted by Crippen LogP contribution is 2.28. The van der Waals surface area contributed by atoms with Crippen molar-refractivity contribution in [3.63, 3.8) is 0 Å². The van der Waals surface area contributed by atoms with Crippen molar-refractivity contribution in [3.05, 3.63) is 32.8 Å². The second-order valence-corrected chi connectivity index (χ2v) is 5.00. The fourth-order valence-electron chi connectivity index (χ4n) is 1.07. The minimum atomic E-state index is 0.483. The molecule has 0 spiro atoms. The smallest absolute Gasteiger partial charge is 0.171 e. The van der Waals surface area contributed by atoms with E-state index in [9.17, 15) is 0 Å². The van der Waals surface area contributed by atoms with Crippen LogP contribution < -0.4 is 0 Å². The van der Waals surface area contributed by atoms with Crippen LogP contribution in [0.2, 0.25) is 5.15 Å². The molecule has 0 saturated heterocycles.